The van der Waals surface area contributed by atoms with Crippen molar-refractivity contribution >= 4 is 27.8 Å². The van der Waals surface area contributed by atoms with E-state index in [0.29, 0.717) is 44.4 Å². The minimum absolute atomic E-state index is 0.210. The van der Waals surface area contributed by atoms with Crippen LogP contribution >= 0.6 is 0 Å². The third-order valence-electron chi connectivity index (χ3n) is 4.82. The number of benzene rings is 2. The van der Waals surface area contributed by atoms with Gasteiger partial charge in [-0.3, -0.25) is 9.71 Å². The van der Waals surface area contributed by atoms with Crippen molar-refractivity contribution in [1.29, 1.82) is 0 Å². The smallest absolute Gasteiger partial charge is 0.193 e. The fraction of sp³-hybridized carbons (Fsp3) is 0.182. The molecule has 9 nitrogen and oxygen atoms in total. The number of aromatic nitrogens is 2. The largest absolute Gasteiger partial charge is 0.496 e. The zero-order valence-electron chi connectivity index (χ0n) is 17.6. The average molecular weight is 455 g/mol. The van der Waals surface area contributed by atoms with Crippen LogP contribution in [0, 0.1) is 0 Å². The molecule has 0 spiro atoms. The molecule has 0 aliphatic heterocycles. The molecule has 2 atom stereocenters. The molecule has 0 aliphatic rings. The number of methoxy groups -OCH3 is 3. The number of hydrogen-bond acceptors (Lipinski definition) is 8. The molecule has 2 aromatic carbocycles. The summed E-state index contributed by atoms with van der Waals surface area (Å²) >= 11 is 0. The van der Waals surface area contributed by atoms with Crippen LogP contribution in [0.1, 0.15) is 17.4 Å². The Balaban J connectivity index is 1.72. The molecule has 0 aliphatic carbocycles. The first kappa shape index (κ1) is 21.6. The van der Waals surface area contributed by atoms with E-state index in [1.54, 1.807) is 54.7 Å². The van der Waals surface area contributed by atoms with Gasteiger partial charge in [0.25, 0.3) is 0 Å². The second-order valence-electron chi connectivity index (χ2n) is 6.65. The van der Waals surface area contributed by atoms with Crippen LogP contribution in [0.3, 0.4) is 0 Å². The minimum atomic E-state index is -1.78. The van der Waals surface area contributed by atoms with Crippen LogP contribution in [-0.4, -0.2) is 40.8 Å². The van der Waals surface area contributed by atoms with Gasteiger partial charge < -0.3 is 23.8 Å². The van der Waals surface area contributed by atoms with Gasteiger partial charge in [0.2, 0.25) is 0 Å². The van der Waals surface area contributed by atoms with Crippen molar-refractivity contribution in [2.45, 2.75) is 11.0 Å². The second-order valence-corrected chi connectivity index (χ2v) is 7.80. The van der Waals surface area contributed by atoms with Crippen LogP contribution in [0.2, 0.25) is 0 Å². The van der Waals surface area contributed by atoms with E-state index in [0.717, 1.165) is 0 Å². The van der Waals surface area contributed by atoms with Crippen molar-refractivity contribution in [3.63, 3.8) is 0 Å². The highest BCUT2D eigenvalue weighted by Crippen LogP contribution is 2.38. The van der Waals surface area contributed by atoms with E-state index < -0.39 is 17.1 Å². The first-order chi connectivity index (χ1) is 15.6. The van der Waals surface area contributed by atoms with Crippen LogP contribution in [0.5, 0.6) is 17.2 Å². The van der Waals surface area contributed by atoms with Gasteiger partial charge in [0, 0.05) is 6.20 Å². The lowest BCUT2D eigenvalue weighted by Gasteiger charge is -2.14. The summed E-state index contributed by atoms with van der Waals surface area (Å²) in [5.74, 6) is 1.40. The monoisotopic (exact) mass is 455 g/mol. The molecule has 0 radical (unpaired) electrons. The third kappa shape index (κ3) is 3.97. The van der Waals surface area contributed by atoms with Gasteiger partial charge in [-0.15, -0.1) is 0 Å². The van der Waals surface area contributed by atoms with E-state index in [9.17, 15) is 9.32 Å². The zero-order chi connectivity index (χ0) is 22.7. The predicted molar refractivity (Wildman–Crippen MR) is 118 cm³/mol. The standard InChI is InChI=1S/C22H21N3O6S/c1-28-15-8-6-9-16(29-2)21(15)32(27)25-22-19-17(30-3)11-13(12-18(19)31-24-22)20(26)14-7-4-5-10-23-14/h4-12,20,26H,1-3H3,(H,24,25). The fourth-order valence-electron chi connectivity index (χ4n) is 3.29. The Hall–Kier alpha value is -3.63. The number of nitrogens with one attached hydrogen (secondary N) is 1. The lowest BCUT2D eigenvalue weighted by atomic mass is 10.0. The molecule has 2 unspecified atom stereocenters. The van der Waals surface area contributed by atoms with Gasteiger partial charge in [0.1, 0.15) is 33.6 Å². The Bertz CT molecular complexity index is 1240. The van der Waals surface area contributed by atoms with Crippen molar-refractivity contribution < 1.29 is 28.0 Å². The van der Waals surface area contributed by atoms with Crippen LogP contribution in [0.15, 0.2) is 64.1 Å². The number of fused-ring (bicyclic) bond motifs is 1. The summed E-state index contributed by atoms with van der Waals surface area (Å²) < 4.78 is 37.6. The molecule has 2 heterocycles. The molecule has 166 valence electrons. The number of pyridine rings is 1. The molecular weight excluding hydrogens is 434 g/mol. The highest BCUT2D eigenvalue weighted by molar-refractivity contribution is 7.86. The molecule has 0 amide bonds. The first-order valence-electron chi connectivity index (χ1n) is 9.53. The molecule has 4 aromatic rings. The maximum atomic E-state index is 13.1. The molecule has 0 saturated heterocycles. The number of ether oxygens (including phenoxy) is 3. The Morgan fingerprint density at radius 3 is 2.34 bits per heavy atom. The zero-order valence-corrected chi connectivity index (χ0v) is 18.4. The van der Waals surface area contributed by atoms with Gasteiger partial charge in [-0.2, -0.15) is 0 Å². The average Bonchev–Trinajstić information content (AvgIpc) is 3.25. The Morgan fingerprint density at radius 2 is 1.72 bits per heavy atom. The van der Waals surface area contributed by atoms with E-state index in [1.165, 1.54) is 21.3 Å². The number of aliphatic hydroxyl groups excluding tert-OH is 1. The number of aliphatic hydroxyl groups is 1. The summed E-state index contributed by atoms with van der Waals surface area (Å²) in [7, 11) is 2.67. The topological polar surface area (TPSA) is 116 Å². The van der Waals surface area contributed by atoms with Crippen molar-refractivity contribution in [2.24, 2.45) is 0 Å². The van der Waals surface area contributed by atoms with Crippen LogP contribution in [-0.2, 0) is 11.0 Å². The van der Waals surface area contributed by atoms with Crippen molar-refractivity contribution in [1.82, 2.24) is 10.1 Å². The highest BCUT2D eigenvalue weighted by Gasteiger charge is 2.23. The third-order valence-corrected chi connectivity index (χ3v) is 5.97. The molecule has 0 bridgehead atoms. The number of rotatable bonds is 8. The summed E-state index contributed by atoms with van der Waals surface area (Å²) in [4.78, 5) is 4.52. The molecule has 10 heteroatoms. The molecule has 4 rings (SSSR count). The summed E-state index contributed by atoms with van der Waals surface area (Å²) in [6.07, 6.45) is 0.620. The number of nitrogens with zero attached hydrogens (tertiary/aromatic N) is 2. The Labute approximate surface area is 186 Å². The number of hydrogen-bond donors (Lipinski definition) is 2. The normalized spacial score (nSPS) is 12.9. The first-order valence-corrected chi connectivity index (χ1v) is 10.7. The van der Waals surface area contributed by atoms with Gasteiger partial charge in [0.05, 0.1) is 27.0 Å². The number of anilines is 1. The molecule has 0 fully saturated rings. The predicted octanol–water partition coefficient (Wildman–Crippen LogP) is 3.47. The van der Waals surface area contributed by atoms with Gasteiger partial charge >= 0.3 is 0 Å². The maximum Gasteiger partial charge on any atom is 0.193 e. The van der Waals surface area contributed by atoms with E-state index >= 15 is 0 Å². The maximum absolute atomic E-state index is 13.1. The van der Waals surface area contributed by atoms with Crippen LogP contribution in [0.4, 0.5) is 5.82 Å². The van der Waals surface area contributed by atoms with Crippen molar-refractivity contribution in [3.05, 3.63) is 66.0 Å². The fourth-order valence-corrected chi connectivity index (χ4v) is 4.38. The highest BCUT2D eigenvalue weighted by atomic mass is 32.2. The Morgan fingerprint density at radius 1 is 1.00 bits per heavy atom. The molecule has 2 aromatic heterocycles. The lowest BCUT2D eigenvalue weighted by Crippen LogP contribution is -2.09. The molecule has 0 saturated carbocycles. The van der Waals surface area contributed by atoms with E-state index in [2.05, 4.69) is 14.9 Å². The van der Waals surface area contributed by atoms with Crippen LogP contribution in [0.25, 0.3) is 11.0 Å². The van der Waals surface area contributed by atoms with Gasteiger partial charge in [-0.25, -0.2) is 4.21 Å². The molecule has 2 N–H and O–H groups in total. The van der Waals surface area contributed by atoms with Crippen molar-refractivity contribution in [2.75, 3.05) is 26.1 Å². The second kappa shape index (κ2) is 9.25. The quantitative estimate of drug-likeness (QED) is 0.415. The summed E-state index contributed by atoms with van der Waals surface area (Å²) in [6.45, 7) is 0. The van der Waals surface area contributed by atoms with E-state index in [1.807, 2.05) is 0 Å². The SMILES string of the molecule is COc1cccc(OC)c1S(=O)Nc1noc2cc(C(O)c3ccccn3)cc(OC)c12. The summed E-state index contributed by atoms with van der Waals surface area (Å²) in [5.41, 5.74) is 1.35. The van der Waals surface area contributed by atoms with Gasteiger partial charge in [-0.1, -0.05) is 17.3 Å². The lowest BCUT2D eigenvalue weighted by molar-refractivity contribution is 0.215. The van der Waals surface area contributed by atoms with E-state index in [4.69, 9.17) is 18.7 Å². The van der Waals surface area contributed by atoms with E-state index in [-0.39, 0.29) is 5.82 Å². The molecule has 32 heavy (non-hydrogen) atoms. The van der Waals surface area contributed by atoms with Gasteiger partial charge in [0.15, 0.2) is 22.4 Å². The van der Waals surface area contributed by atoms with Gasteiger partial charge in [-0.05, 0) is 42.0 Å². The van der Waals surface area contributed by atoms with Crippen molar-refractivity contribution in [3.8, 4) is 17.2 Å². The van der Waals surface area contributed by atoms with Crippen LogP contribution < -0.4 is 18.9 Å². The summed E-state index contributed by atoms with van der Waals surface area (Å²) in [6, 6.07) is 13.7. The molecular formula is C22H21N3O6S. The minimum Gasteiger partial charge on any atom is -0.496 e. The Kier molecular flexibility index (Phi) is 6.24. The summed E-state index contributed by atoms with van der Waals surface area (Å²) in [5, 5.41) is 15.2.